The monoisotopic (exact) mass is 424 g/mol. The molecule has 1 aliphatic heterocycles. The summed E-state index contributed by atoms with van der Waals surface area (Å²) in [6, 6.07) is 1.57. The lowest BCUT2D eigenvalue weighted by molar-refractivity contribution is 0.0743. The molecule has 1 N–H and O–H groups in total. The minimum atomic E-state index is -3.60. The first-order chi connectivity index (χ1) is 13.4. The number of hydrogen-bond acceptors (Lipinski definition) is 7. The number of sulfonamides is 1. The quantitative estimate of drug-likeness (QED) is 0.791. The van der Waals surface area contributed by atoms with Crippen molar-refractivity contribution in [3.8, 4) is 10.7 Å². The average Bonchev–Trinajstić information content (AvgIpc) is 3.42. The zero-order valence-electron chi connectivity index (χ0n) is 15.8. The van der Waals surface area contributed by atoms with Crippen molar-refractivity contribution in [2.75, 3.05) is 13.1 Å². The lowest BCUT2D eigenvalue weighted by Crippen LogP contribution is -2.36. The largest absolute Gasteiger partial charge is 0.334 e. The molecule has 0 spiro atoms. The van der Waals surface area contributed by atoms with Crippen molar-refractivity contribution in [2.45, 2.75) is 62.8 Å². The Morgan fingerprint density at radius 1 is 1.21 bits per heavy atom. The molecule has 2 fully saturated rings. The molecule has 0 aromatic carbocycles. The van der Waals surface area contributed by atoms with Gasteiger partial charge < -0.3 is 9.42 Å². The van der Waals surface area contributed by atoms with Gasteiger partial charge in [-0.25, -0.2) is 13.1 Å². The second-order valence-corrected chi connectivity index (χ2v) is 10.3. The highest BCUT2D eigenvalue weighted by Gasteiger charge is 2.28. The predicted molar refractivity (Wildman–Crippen MR) is 105 cm³/mol. The Labute approximate surface area is 168 Å². The molecular formula is C18H24N4O4S2. The number of hydrogen-bond donors (Lipinski definition) is 1. The molecule has 2 aliphatic rings. The van der Waals surface area contributed by atoms with Gasteiger partial charge in [-0.2, -0.15) is 4.98 Å². The highest BCUT2D eigenvalue weighted by Crippen LogP contribution is 2.33. The van der Waals surface area contributed by atoms with Gasteiger partial charge in [0.2, 0.25) is 15.8 Å². The smallest absolute Gasteiger partial charge is 0.316 e. The van der Waals surface area contributed by atoms with Crippen molar-refractivity contribution in [3.63, 3.8) is 0 Å². The third kappa shape index (κ3) is 3.99. The van der Waals surface area contributed by atoms with Crippen molar-refractivity contribution in [2.24, 2.45) is 0 Å². The standard InChI is InChI=1S/C18H24N4O4S2/c1-12-15(28(24,25)21-13-7-3-2-4-8-13)11-14(27-12)16-19-17(26-20-16)18(23)22-9-5-6-10-22/h11,13,21H,2-10H2,1H3. The Kier molecular flexibility index (Phi) is 5.52. The Hall–Kier alpha value is -1.78. The first-order valence-electron chi connectivity index (χ1n) is 9.70. The summed E-state index contributed by atoms with van der Waals surface area (Å²) < 4.78 is 33.6. The highest BCUT2D eigenvalue weighted by atomic mass is 32.2. The first kappa shape index (κ1) is 19.5. The number of nitrogens with one attached hydrogen (secondary N) is 1. The number of likely N-dealkylation sites (tertiary alicyclic amines) is 1. The van der Waals surface area contributed by atoms with Gasteiger partial charge in [-0.05, 0) is 38.7 Å². The maximum absolute atomic E-state index is 12.8. The summed E-state index contributed by atoms with van der Waals surface area (Å²) in [5.74, 6) is -0.0706. The van der Waals surface area contributed by atoms with Crippen LogP contribution in [-0.2, 0) is 10.0 Å². The molecule has 1 aliphatic carbocycles. The average molecular weight is 425 g/mol. The molecule has 3 heterocycles. The number of carbonyl (C=O) groups excluding carboxylic acids is 1. The fourth-order valence-electron chi connectivity index (χ4n) is 3.81. The molecule has 4 rings (SSSR count). The molecule has 2 aromatic heterocycles. The van der Waals surface area contributed by atoms with E-state index in [0.29, 0.717) is 22.8 Å². The molecule has 1 saturated heterocycles. The lowest BCUT2D eigenvalue weighted by atomic mass is 9.96. The van der Waals surface area contributed by atoms with Gasteiger partial charge in [-0.3, -0.25) is 4.79 Å². The van der Waals surface area contributed by atoms with Crippen molar-refractivity contribution < 1.29 is 17.7 Å². The molecule has 0 unspecified atom stereocenters. The van der Waals surface area contributed by atoms with Crippen molar-refractivity contribution in [3.05, 3.63) is 16.8 Å². The molecule has 10 heteroatoms. The van der Waals surface area contributed by atoms with Crippen LogP contribution in [0.4, 0.5) is 0 Å². The number of thiophene rings is 1. The fraction of sp³-hybridized carbons (Fsp3) is 0.611. The van der Waals surface area contributed by atoms with Crippen molar-refractivity contribution in [1.29, 1.82) is 0 Å². The fourth-order valence-corrected chi connectivity index (χ4v) is 6.63. The molecule has 2 aromatic rings. The van der Waals surface area contributed by atoms with Crippen LogP contribution < -0.4 is 4.72 Å². The molecule has 1 amide bonds. The molecular weight excluding hydrogens is 400 g/mol. The van der Waals surface area contributed by atoms with Crippen LogP contribution >= 0.6 is 11.3 Å². The third-order valence-electron chi connectivity index (χ3n) is 5.31. The van der Waals surface area contributed by atoms with Gasteiger partial charge in [0, 0.05) is 24.0 Å². The molecule has 1 saturated carbocycles. The summed E-state index contributed by atoms with van der Waals surface area (Å²) in [6.07, 6.45) is 6.98. The summed E-state index contributed by atoms with van der Waals surface area (Å²) in [7, 11) is -3.60. The predicted octanol–water partition coefficient (Wildman–Crippen LogP) is 2.95. The summed E-state index contributed by atoms with van der Waals surface area (Å²) in [5, 5.41) is 3.89. The molecule has 0 atom stereocenters. The van der Waals surface area contributed by atoms with Gasteiger partial charge in [0.05, 0.1) is 9.77 Å². The number of amides is 1. The molecule has 8 nitrogen and oxygen atoms in total. The normalized spacial score (nSPS) is 18.7. The van der Waals surface area contributed by atoms with E-state index >= 15 is 0 Å². The minimum absolute atomic E-state index is 0.00337. The number of carbonyl (C=O) groups is 1. The highest BCUT2D eigenvalue weighted by molar-refractivity contribution is 7.89. The first-order valence-corrected chi connectivity index (χ1v) is 12.0. The summed E-state index contributed by atoms with van der Waals surface area (Å²) in [5.41, 5.74) is 0. The molecule has 0 bridgehead atoms. The van der Waals surface area contributed by atoms with Crippen LogP contribution in [0.5, 0.6) is 0 Å². The summed E-state index contributed by atoms with van der Waals surface area (Å²) >= 11 is 1.28. The van der Waals surface area contributed by atoms with E-state index in [0.717, 1.165) is 44.9 Å². The van der Waals surface area contributed by atoms with E-state index in [1.54, 1.807) is 17.9 Å². The van der Waals surface area contributed by atoms with E-state index in [-0.39, 0.29) is 28.6 Å². The van der Waals surface area contributed by atoms with E-state index in [1.165, 1.54) is 11.3 Å². The Bertz CT molecular complexity index is 954. The van der Waals surface area contributed by atoms with Gasteiger partial charge in [-0.15, -0.1) is 11.3 Å². The van der Waals surface area contributed by atoms with Crippen molar-refractivity contribution >= 4 is 27.3 Å². The van der Waals surface area contributed by atoms with Crippen LogP contribution in [0.1, 0.15) is 60.5 Å². The molecule has 0 radical (unpaired) electrons. The van der Waals surface area contributed by atoms with Crippen LogP contribution in [0, 0.1) is 6.92 Å². The van der Waals surface area contributed by atoms with E-state index in [1.807, 2.05) is 0 Å². The second-order valence-electron chi connectivity index (χ2n) is 7.41. The Morgan fingerprint density at radius 3 is 2.64 bits per heavy atom. The molecule has 28 heavy (non-hydrogen) atoms. The maximum atomic E-state index is 12.8. The van der Waals surface area contributed by atoms with Crippen molar-refractivity contribution in [1.82, 2.24) is 19.8 Å². The lowest BCUT2D eigenvalue weighted by Gasteiger charge is -2.22. The van der Waals surface area contributed by atoms with E-state index < -0.39 is 10.0 Å². The topological polar surface area (TPSA) is 105 Å². The van der Waals surface area contributed by atoms with E-state index in [9.17, 15) is 13.2 Å². The van der Waals surface area contributed by atoms with Gasteiger partial charge in [0.25, 0.3) is 0 Å². The zero-order valence-corrected chi connectivity index (χ0v) is 17.4. The van der Waals surface area contributed by atoms with Crippen LogP contribution in [0.2, 0.25) is 0 Å². The van der Waals surface area contributed by atoms with Gasteiger partial charge in [0.1, 0.15) is 0 Å². The summed E-state index contributed by atoms with van der Waals surface area (Å²) in [6.45, 7) is 3.16. The van der Waals surface area contributed by atoms with Crippen LogP contribution in [0.15, 0.2) is 15.5 Å². The second kappa shape index (κ2) is 7.92. The maximum Gasteiger partial charge on any atom is 0.316 e. The zero-order chi connectivity index (χ0) is 19.7. The number of nitrogens with zero attached hydrogens (tertiary/aromatic N) is 3. The van der Waals surface area contributed by atoms with Gasteiger partial charge in [-0.1, -0.05) is 24.4 Å². The Balaban J connectivity index is 1.53. The van der Waals surface area contributed by atoms with E-state index in [4.69, 9.17) is 4.52 Å². The summed E-state index contributed by atoms with van der Waals surface area (Å²) in [4.78, 5) is 19.8. The number of aromatic nitrogens is 2. The van der Waals surface area contributed by atoms with E-state index in [2.05, 4.69) is 14.9 Å². The Morgan fingerprint density at radius 2 is 1.93 bits per heavy atom. The minimum Gasteiger partial charge on any atom is -0.334 e. The van der Waals surface area contributed by atoms with Crippen LogP contribution in [0.25, 0.3) is 10.7 Å². The van der Waals surface area contributed by atoms with Gasteiger partial charge in [0.15, 0.2) is 0 Å². The number of aryl methyl sites for hydroxylation is 1. The van der Waals surface area contributed by atoms with Crippen LogP contribution in [0.3, 0.4) is 0 Å². The SMILES string of the molecule is Cc1sc(-c2noc(C(=O)N3CCCC3)n2)cc1S(=O)(=O)NC1CCCCC1. The number of rotatable bonds is 5. The van der Waals surface area contributed by atoms with Crippen LogP contribution in [-0.4, -0.2) is 48.5 Å². The third-order valence-corrected chi connectivity index (χ3v) is 8.13. The van der Waals surface area contributed by atoms with Gasteiger partial charge >= 0.3 is 11.8 Å². The molecule has 152 valence electrons.